The molecule has 3 aromatic carbocycles. The number of anilines is 1. The Labute approximate surface area is 149 Å². The highest BCUT2D eigenvalue weighted by atomic mass is 32.2. The molecule has 0 saturated carbocycles. The standard InChI is InChI=1S/C20H16FNO2S/c1-13(23)22-16-7-9-18(19(21)11-16)20(24)12-25-17-8-6-14-4-2-3-5-15(14)10-17/h2-11H,12H2,1H3,(H,22,23). The van der Waals surface area contributed by atoms with Crippen LogP contribution >= 0.6 is 11.8 Å². The van der Waals surface area contributed by atoms with Gasteiger partial charge in [-0.3, -0.25) is 9.59 Å². The molecule has 0 radical (unpaired) electrons. The maximum Gasteiger partial charge on any atom is 0.221 e. The quantitative estimate of drug-likeness (QED) is 0.523. The number of carbonyl (C=O) groups excluding carboxylic acids is 2. The van der Waals surface area contributed by atoms with Crippen LogP contribution in [0.2, 0.25) is 0 Å². The van der Waals surface area contributed by atoms with E-state index < -0.39 is 5.82 Å². The molecule has 5 heteroatoms. The smallest absolute Gasteiger partial charge is 0.221 e. The summed E-state index contributed by atoms with van der Waals surface area (Å²) in [6.07, 6.45) is 0. The summed E-state index contributed by atoms with van der Waals surface area (Å²) < 4.78 is 14.1. The summed E-state index contributed by atoms with van der Waals surface area (Å²) in [4.78, 5) is 24.2. The van der Waals surface area contributed by atoms with Crippen LogP contribution in [0.3, 0.4) is 0 Å². The van der Waals surface area contributed by atoms with Crippen molar-refractivity contribution in [3.63, 3.8) is 0 Å². The maximum atomic E-state index is 14.1. The Balaban J connectivity index is 1.70. The summed E-state index contributed by atoms with van der Waals surface area (Å²) in [6.45, 7) is 1.34. The molecule has 126 valence electrons. The average molecular weight is 353 g/mol. The van der Waals surface area contributed by atoms with Crippen molar-refractivity contribution < 1.29 is 14.0 Å². The van der Waals surface area contributed by atoms with Crippen molar-refractivity contribution in [2.75, 3.05) is 11.1 Å². The van der Waals surface area contributed by atoms with Crippen LogP contribution in [0.15, 0.2) is 65.6 Å². The lowest BCUT2D eigenvalue weighted by Crippen LogP contribution is -2.09. The minimum Gasteiger partial charge on any atom is -0.326 e. The van der Waals surface area contributed by atoms with Gasteiger partial charge in [0.25, 0.3) is 0 Å². The van der Waals surface area contributed by atoms with E-state index in [1.165, 1.54) is 30.8 Å². The number of halogens is 1. The highest BCUT2D eigenvalue weighted by Gasteiger charge is 2.13. The van der Waals surface area contributed by atoms with Crippen LogP contribution < -0.4 is 5.32 Å². The molecule has 0 aliphatic carbocycles. The van der Waals surface area contributed by atoms with E-state index in [1.807, 2.05) is 42.5 Å². The Hall–Kier alpha value is -2.66. The van der Waals surface area contributed by atoms with Crippen LogP contribution in [-0.4, -0.2) is 17.4 Å². The predicted molar refractivity (Wildman–Crippen MR) is 99.7 cm³/mol. The zero-order valence-corrected chi connectivity index (χ0v) is 14.4. The fraction of sp³-hybridized carbons (Fsp3) is 0.100. The minimum atomic E-state index is -0.629. The molecule has 3 aromatic rings. The van der Waals surface area contributed by atoms with Gasteiger partial charge in [-0.05, 0) is 41.1 Å². The molecule has 0 aliphatic rings. The van der Waals surface area contributed by atoms with Gasteiger partial charge in [0.2, 0.25) is 5.91 Å². The van der Waals surface area contributed by atoms with Gasteiger partial charge < -0.3 is 5.32 Å². The monoisotopic (exact) mass is 353 g/mol. The third kappa shape index (κ3) is 4.25. The van der Waals surface area contributed by atoms with Gasteiger partial charge in [-0.15, -0.1) is 11.8 Å². The van der Waals surface area contributed by atoms with E-state index >= 15 is 0 Å². The Morgan fingerprint density at radius 3 is 2.48 bits per heavy atom. The molecule has 0 saturated heterocycles. The zero-order valence-electron chi connectivity index (χ0n) is 13.6. The molecule has 0 fully saturated rings. The third-order valence-electron chi connectivity index (χ3n) is 3.68. The molecule has 3 nitrogen and oxygen atoms in total. The van der Waals surface area contributed by atoms with Crippen LogP contribution in [0.1, 0.15) is 17.3 Å². The molecule has 0 unspecified atom stereocenters. The second-order valence-electron chi connectivity index (χ2n) is 5.60. The lowest BCUT2D eigenvalue weighted by molar-refractivity contribution is -0.114. The van der Waals surface area contributed by atoms with Gasteiger partial charge in [0.05, 0.1) is 11.3 Å². The molecule has 1 amide bonds. The van der Waals surface area contributed by atoms with E-state index in [9.17, 15) is 14.0 Å². The van der Waals surface area contributed by atoms with Crippen molar-refractivity contribution in [3.05, 3.63) is 72.0 Å². The molecular formula is C20H16FNO2S. The van der Waals surface area contributed by atoms with Crippen molar-refractivity contribution in [1.82, 2.24) is 0 Å². The number of ketones is 1. The number of hydrogen-bond acceptors (Lipinski definition) is 3. The molecule has 3 rings (SSSR count). The molecule has 0 heterocycles. The largest absolute Gasteiger partial charge is 0.326 e. The lowest BCUT2D eigenvalue weighted by atomic mass is 10.1. The van der Waals surface area contributed by atoms with E-state index in [0.29, 0.717) is 5.69 Å². The van der Waals surface area contributed by atoms with Gasteiger partial charge in [0.15, 0.2) is 5.78 Å². The summed E-state index contributed by atoms with van der Waals surface area (Å²) in [6, 6.07) is 18.1. The predicted octanol–water partition coefficient (Wildman–Crippen LogP) is 4.91. The topological polar surface area (TPSA) is 46.2 Å². The first-order valence-corrected chi connectivity index (χ1v) is 8.73. The molecule has 0 spiro atoms. The highest BCUT2D eigenvalue weighted by molar-refractivity contribution is 8.00. The third-order valence-corrected chi connectivity index (χ3v) is 4.67. The molecule has 0 atom stereocenters. The Bertz CT molecular complexity index is 955. The Morgan fingerprint density at radius 1 is 1.00 bits per heavy atom. The number of fused-ring (bicyclic) bond motifs is 1. The normalized spacial score (nSPS) is 10.6. The van der Waals surface area contributed by atoms with E-state index in [1.54, 1.807) is 0 Å². The average Bonchev–Trinajstić information content (AvgIpc) is 2.59. The molecule has 1 N–H and O–H groups in total. The summed E-state index contributed by atoms with van der Waals surface area (Å²) in [5, 5.41) is 4.73. The Kier molecular flexibility index (Phi) is 5.14. The van der Waals surface area contributed by atoms with Gasteiger partial charge in [0.1, 0.15) is 5.82 Å². The number of nitrogens with one attached hydrogen (secondary N) is 1. The number of Topliss-reactive ketones (excluding diaryl/α,β-unsaturated/α-hetero) is 1. The van der Waals surface area contributed by atoms with Gasteiger partial charge in [0, 0.05) is 17.5 Å². The second-order valence-corrected chi connectivity index (χ2v) is 6.65. The summed E-state index contributed by atoms with van der Waals surface area (Å²) in [5.74, 6) is -1.06. The van der Waals surface area contributed by atoms with Gasteiger partial charge in [-0.2, -0.15) is 0 Å². The second kappa shape index (κ2) is 7.49. The first-order chi connectivity index (χ1) is 12.0. The number of hydrogen-bond donors (Lipinski definition) is 1. The van der Waals surface area contributed by atoms with Crippen molar-refractivity contribution in [2.45, 2.75) is 11.8 Å². The van der Waals surface area contributed by atoms with E-state index in [2.05, 4.69) is 5.32 Å². The molecule has 0 bridgehead atoms. The first kappa shape index (κ1) is 17.2. The van der Waals surface area contributed by atoms with Gasteiger partial charge in [-0.1, -0.05) is 30.3 Å². The number of carbonyl (C=O) groups is 2. The van der Waals surface area contributed by atoms with Crippen molar-refractivity contribution >= 4 is 39.9 Å². The summed E-state index contributed by atoms with van der Waals surface area (Å²) >= 11 is 1.38. The van der Waals surface area contributed by atoms with Crippen LogP contribution in [0.25, 0.3) is 10.8 Å². The van der Waals surface area contributed by atoms with Gasteiger partial charge in [-0.25, -0.2) is 4.39 Å². The number of benzene rings is 3. The molecule has 0 aromatic heterocycles. The van der Waals surface area contributed by atoms with E-state index in [-0.39, 0.29) is 23.0 Å². The lowest BCUT2D eigenvalue weighted by Gasteiger charge is -2.07. The molecular weight excluding hydrogens is 337 g/mol. The number of rotatable bonds is 5. The maximum absolute atomic E-state index is 14.1. The van der Waals surface area contributed by atoms with Crippen LogP contribution in [0.4, 0.5) is 10.1 Å². The van der Waals surface area contributed by atoms with E-state index in [0.717, 1.165) is 21.7 Å². The van der Waals surface area contributed by atoms with Crippen molar-refractivity contribution in [1.29, 1.82) is 0 Å². The highest BCUT2D eigenvalue weighted by Crippen LogP contribution is 2.25. The first-order valence-electron chi connectivity index (χ1n) is 7.75. The minimum absolute atomic E-state index is 0.0300. The van der Waals surface area contributed by atoms with Crippen LogP contribution in [0.5, 0.6) is 0 Å². The summed E-state index contributed by atoms with van der Waals surface area (Å²) in [7, 11) is 0. The number of amides is 1. The summed E-state index contributed by atoms with van der Waals surface area (Å²) in [5.41, 5.74) is 0.367. The number of thioether (sulfide) groups is 1. The molecule has 25 heavy (non-hydrogen) atoms. The van der Waals surface area contributed by atoms with Crippen molar-refractivity contribution in [2.24, 2.45) is 0 Å². The van der Waals surface area contributed by atoms with Crippen LogP contribution in [-0.2, 0) is 4.79 Å². The molecule has 0 aliphatic heterocycles. The SMILES string of the molecule is CC(=O)Nc1ccc(C(=O)CSc2ccc3ccccc3c2)c(F)c1. The van der Waals surface area contributed by atoms with Gasteiger partial charge >= 0.3 is 0 Å². The zero-order chi connectivity index (χ0) is 17.8. The van der Waals surface area contributed by atoms with Crippen molar-refractivity contribution in [3.8, 4) is 0 Å². The fourth-order valence-corrected chi connectivity index (χ4v) is 3.33. The fourth-order valence-electron chi connectivity index (χ4n) is 2.51. The van der Waals surface area contributed by atoms with Crippen LogP contribution in [0, 0.1) is 5.82 Å². The Morgan fingerprint density at radius 2 is 1.76 bits per heavy atom. The van der Waals surface area contributed by atoms with E-state index in [4.69, 9.17) is 0 Å².